The van der Waals surface area contributed by atoms with Gasteiger partial charge in [-0.1, -0.05) is 39.7 Å². The highest BCUT2D eigenvalue weighted by Crippen LogP contribution is 2.25. The Hall–Kier alpha value is -0.540. The van der Waals surface area contributed by atoms with Gasteiger partial charge < -0.3 is 5.32 Å². The summed E-state index contributed by atoms with van der Waals surface area (Å²) in [4.78, 5) is 11.3. The van der Waals surface area contributed by atoms with Gasteiger partial charge in [0.05, 0.1) is 10.7 Å². The Morgan fingerprint density at radius 1 is 1.57 bits per heavy atom. The molecule has 0 spiro atoms. The van der Waals surface area contributed by atoms with Crippen molar-refractivity contribution >= 4 is 39.1 Å². The Bertz CT molecular complexity index is 321. The third-order valence-electron chi connectivity index (χ3n) is 1.81. The fourth-order valence-corrected chi connectivity index (χ4v) is 1.71. The van der Waals surface area contributed by atoms with E-state index < -0.39 is 0 Å². The molecule has 0 radical (unpaired) electrons. The molecule has 0 aromatic heterocycles. The van der Waals surface area contributed by atoms with E-state index in [9.17, 15) is 4.79 Å². The number of hydrogen-bond acceptors (Lipinski definition) is 1. The van der Waals surface area contributed by atoms with Gasteiger partial charge in [0.1, 0.15) is 0 Å². The highest BCUT2D eigenvalue weighted by Gasteiger charge is 2.06. The van der Waals surface area contributed by atoms with E-state index in [-0.39, 0.29) is 5.91 Å². The third-order valence-corrected chi connectivity index (χ3v) is 2.52. The van der Waals surface area contributed by atoms with E-state index in [1.807, 2.05) is 19.1 Å². The SMILES string of the molecule is Cc1cccc(Cl)c1NC(=O)CCBr. The van der Waals surface area contributed by atoms with Gasteiger partial charge in [0.15, 0.2) is 0 Å². The van der Waals surface area contributed by atoms with Crippen molar-refractivity contribution < 1.29 is 4.79 Å². The number of hydrogen-bond donors (Lipinski definition) is 1. The van der Waals surface area contributed by atoms with Gasteiger partial charge in [-0.3, -0.25) is 4.79 Å². The Morgan fingerprint density at radius 3 is 2.86 bits per heavy atom. The molecule has 0 aliphatic heterocycles. The second kappa shape index (κ2) is 5.37. The summed E-state index contributed by atoms with van der Waals surface area (Å²) in [5, 5.41) is 4.01. The minimum atomic E-state index is -0.0296. The van der Waals surface area contributed by atoms with Gasteiger partial charge in [-0.25, -0.2) is 0 Å². The maximum Gasteiger partial charge on any atom is 0.225 e. The molecule has 0 heterocycles. The van der Waals surface area contributed by atoms with Gasteiger partial charge in [0.2, 0.25) is 5.91 Å². The van der Waals surface area contributed by atoms with E-state index in [4.69, 9.17) is 11.6 Å². The largest absolute Gasteiger partial charge is 0.325 e. The summed E-state index contributed by atoms with van der Waals surface area (Å²) >= 11 is 9.15. The van der Waals surface area contributed by atoms with Crippen molar-refractivity contribution in [2.75, 3.05) is 10.6 Å². The van der Waals surface area contributed by atoms with Gasteiger partial charge in [-0.2, -0.15) is 0 Å². The summed E-state index contributed by atoms with van der Waals surface area (Å²) in [7, 11) is 0. The maximum atomic E-state index is 11.3. The molecule has 1 aromatic carbocycles. The lowest BCUT2D eigenvalue weighted by Crippen LogP contribution is -2.12. The van der Waals surface area contributed by atoms with E-state index in [0.29, 0.717) is 22.5 Å². The molecule has 0 aliphatic rings. The zero-order valence-electron chi connectivity index (χ0n) is 7.81. The van der Waals surface area contributed by atoms with Crippen LogP contribution in [0.2, 0.25) is 5.02 Å². The molecule has 4 heteroatoms. The highest BCUT2D eigenvalue weighted by molar-refractivity contribution is 9.09. The van der Waals surface area contributed by atoms with Crippen molar-refractivity contribution in [3.8, 4) is 0 Å². The Kier molecular flexibility index (Phi) is 4.42. The second-order valence-electron chi connectivity index (χ2n) is 2.92. The van der Waals surface area contributed by atoms with Crippen LogP contribution in [-0.4, -0.2) is 11.2 Å². The predicted octanol–water partition coefficient (Wildman–Crippen LogP) is 3.37. The van der Waals surface area contributed by atoms with E-state index in [1.165, 1.54) is 0 Å². The fourth-order valence-electron chi connectivity index (χ4n) is 1.08. The number of rotatable bonds is 3. The number of halogens is 2. The van der Waals surface area contributed by atoms with Crippen LogP contribution in [0.25, 0.3) is 0 Å². The first-order valence-electron chi connectivity index (χ1n) is 4.26. The van der Waals surface area contributed by atoms with Crippen molar-refractivity contribution in [3.05, 3.63) is 28.8 Å². The standard InChI is InChI=1S/C10H11BrClNO/c1-7-3-2-4-8(12)10(7)13-9(14)5-6-11/h2-4H,5-6H2,1H3,(H,13,14). The van der Waals surface area contributed by atoms with Crippen molar-refractivity contribution in [2.24, 2.45) is 0 Å². The molecule has 0 atom stereocenters. The van der Waals surface area contributed by atoms with Crippen LogP contribution in [0.1, 0.15) is 12.0 Å². The minimum absolute atomic E-state index is 0.0296. The van der Waals surface area contributed by atoms with Crippen molar-refractivity contribution in [3.63, 3.8) is 0 Å². The zero-order valence-corrected chi connectivity index (χ0v) is 10.2. The average Bonchev–Trinajstić information content (AvgIpc) is 2.12. The summed E-state index contributed by atoms with van der Waals surface area (Å²) in [6.07, 6.45) is 0.449. The Morgan fingerprint density at radius 2 is 2.29 bits per heavy atom. The number of carbonyl (C=O) groups is 1. The van der Waals surface area contributed by atoms with E-state index >= 15 is 0 Å². The molecular weight excluding hydrogens is 265 g/mol. The van der Waals surface area contributed by atoms with E-state index in [2.05, 4.69) is 21.2 Å². The molecule has 0 saturated heterocycles. The van der Waals surface area contributed by atoms with E-state index in [0.717, 1.165) is 5.56 Å². The first-order chi connectivity index (χ1) is 6.65. The topological polar surface area (TPSA) is 29.1 Å². The molecule has 0 bridgehead atoms. The summed E-state index contributed by atoms with van der Waals surface area (Å²) < 4.78 is 0. The third kappa shape index (κ3) is 3.00. The number of para-hydroxylation sites is 1. The summed E-state index contributed by atoms with van der Waals surface area (Å²) in [6, 6.07) is 5.53. The zero-order chi connectivity index (χ0) is 10.6. The molecule has 14 heavy (non-hydrogen) atoms. The molecule has 0 saturated carbocycles. The van der Waals surface area contributed by atoms with Crippen LogP contribution in [0, 0.1) is 6.92 Å². The highest BCUT2D eigenvalue weighted by atomic mass is 79.9. The molecule has 1 amide bonds. The molecule has 2 nitrogen and oxygen atoms in total. The number of carbonyl (C=O) groups excluding carboxylic acids is 1. The number of aryl methyl sites for hydroxylation is 1. The van der Waals surface area contributed by atoms with Crippen LogP contribution in [0.4, 0.5) is 5.69 Å². The normalized spacial score (nSPS) is 9.93. The Labute approximate surface area is 96.8 Å². The average molecular weight is 277 g/mol. The smallest absolute Gasteiger partial charge is 0.225 e. The van der Waals surface area contributed by atoms with Gasteiger partial charge in [0.25, 0.3) is 0 Å². The van der Waals surface area contributed by atoms with Gasteiger partial charge >= 0.3 is 0 Å². The second-order valence-corrected chi connectivity index (χ2v) is 4.12. The van der Waals surface area contributed by atoms with Crippen molar-refractivity contribution in [1.29, 1.82) is 0 Å². The van der Waals surface area contributed by atoms with Crippen LogP contribution in [-0.2, 0) is 4.79 Å². The molecule has 1 rings (SSSR count). The van der Waals surface area contributed by atoms with Gasteiger partial charge in [0, 0.05) is 11.8 Å². The first kappa shape index (κ1) is 11.5. The molecule has 1 N–H and O–H groups in total. The lowest BCUT2D eigenvalue weighted by Gasteiger charge is -2.09. The molecule has 0 unspecified atom stereocenters. The van der Waals surface area contributed by atoms with Gasteiger partial charge in [-0.05, 0) is 18.6 Å². The van der Waals surface area contributed by atoms with Gasteiger partial charge in [-0.15, -0.1) is 0 Å². The quantitative estimate of drug-likeness (QED) is 0.843. The van der Waals surface area contributed by atoms with Crippen LogP contribution in [0.5, 0.6) is 0 Å². The molecule has 0 aliphatic carbocycles. The molecule has 0 fully saturated rings. The monoisotopic (exact) mass is 275 g/mol. The van der Waals surface area contributed by atoms with Crippen LogP contribution in [0.15, 0.2) is 18.2 Å². The van der Waals surface area contributed by atoms with Crippen LogP contribution >= 0.6 is 27.5 Å². The minimum Gasteiger partial charge on any atom is -0.325 e. The lowest BCUT2D eigenvalue weighted by molar-refractivity contribution is -0.115. The van der Waals surface area contributed by atoms with E-state index in [1.54, 1.807) is 6.07 Å². The Balaban J connectivity index is 2.80. The summed E-state index contributed by atoms with van der Waals surface area (Å²) in [6.45, 7) is 1.91. The summed E-state index contributed by atoms with van der Waals surface area (Å²) in [5.74, 6) is -0.0296. The molecule has 1 aromatic rings. The predicted molar refractivity (Wildman–Crippen MR) is 63.2 cm³/mol. The fraction of sp³-hybridized carbons (Fsp3) is 0.300. The number of anilines is 1. The van der Waals surface area contributed by atoms with Crippen LogP contribution < -0.4 is 5.32 Å². The first-order valence-corrected chi connectivity index (χ1v) is 5.76. The summed E-state index contributed by atoms with van der Waals surface area (Å²) in [5.41, 5.74) is 1.68. The number of nitrogens with one attached hydrogen (secondary N) is 1. The number of benzene rings is 1. The van der Waals surface area contributed by atoms with Crippen molar-refractivity contribution in [2.45, 2.75) is 13.3 Å². The molecular formula is C10H11BrClNO. The number of alkyl halides is 1. The number of amides is 1. The van der Waals surface area contributed by atoms with Crippen molar-refractivity contribution in [1.82, 2.24) is 0 Å². The van der Waals surface area contributed by atoms with Crippen LogP contribution in [0.3, 0.4) is 0 Å². The lowest BCUT2D eigenvalue weighted by atomic mass is 10.2. The molecule has 76 valence electrons. The maximum absolute atomic E-state index is 11.3.